The fourth-order valence-electron chi connectivity index (χ4n) is 4.06. The highest BCUT2D eigenvalue weighted by Crippen LogP contribution is 2.48. The van der Waals surface area contributed by atoms with Crippen molar-refractivity contribution >= 4 is 11.9 Å². The van der Waals surface area contributed by atoms with Gasteiger partial charge in [0.15, 0.2) is 0 Å². The maximum Gasteiger partial charge on any atom is 0.308 e. The number of carboxylic acids is 1. The standard InChI is InChI=1S/C15H21N3O3/c1-8-5-9(2)18(17-8)7-12(19)16-14-11-4-3-10(6-11)13(14)15(20)21/h5,10-11,13-14H,3-4,6-7H2,1-2H3,(H,16,19)(H,20,21). The normalized spacial score (nSPS) is 30.6. The van der Waals surface area contributed by atoms with E-state index >= 15 is 0 Å². The molecule has 1 heterocycles. The van der Waals surface area contributed by atoms with Crippen LogP contribution >= 0.6 is 0 Å². The highest BCUT2D eigenvalue weighted by molar-refractivity contribution is 5.78. The van der Waals surface area contributed by atoms with Crippen molar-refractivity contribution in [3.63, 3.8) is 0 Å². The lowest BCUT2D eigenvalue weighted by Gasteiger charge is -2.28. The summed E-state index contributed by atoms with van der Waals surface area (Å²) in [5, 5.41) is 16.6. The fraction of sp³-hybridized carbons (Fsp3) is 0.667. The number of aliphatic carboxylic acids is 1. The van der Waals surface area contributed by atoms with Crippen molar-refractivity contribution < 1.29 is 14.7 Å². The molecule has 3 rings (SSSR count). The molecule has 0 saturated heterocycles. The summed E-state index contributed by atoms with van der Waals surface area (Å²) in [6.45, 7) is 3.95. The topological polar surface area (TPSA) is 84.2 Å². The first kappa shape index (κ1) is 14.1. The van der Waals surface area contributed by atoms with Gasteiger partial charge in [0.1, 0.15) is 6.54 Å². The zero-order chi connectivity index (χ0) is 15.1. The van der Waals surface area contributed by atoms with Crippen LogP contribution in [0.5, 0.6) is 0 Å². The van der Waals surface area contributed by atoms with E-state index in [2.05, 4.69) is 10.4 Å². The molecule has 4 atom stereocenters. The van der Waals surface area contributed by atoms with E-state index in [1.54, 1.807) is 4.68 Å². The first-order valence-electron chi connectivity index (χ1n) is 7.49. The Morgan fingerprint density at radius 1 is 1.38 bits per heavy atom. The van der Waals surface area contributed by atoms with E-state index in [-0.39, 0.29) is 24.4 Å². The van der Waals surface area contributed by atoms with Crippen molar-refractivity contribution in [1.29, 1.82) is 0 Å². The molecule has 1 aromatic heterocycles. The summed E-state index contributed by atoms with van der Waals surface area (Å²) < 4.78 is 1.66. The van der Waals surface area contributed by atoms with E-state index in [4.69, 9.17) is 0 Å². The first-order valence-corrected chi connectivity index (χ1v) is 7.49. The first-order chi connectivity index (χ1) is 9.95. The fourth-order valence-corrected chi connectivity index (χ4v) is 4.06. The van der Waals surface area contributed by atoms with Crippen LogP contribution in [0, 0.1) is 31.6 Å². The van der Waals surface area contributed by atoms with Crippen LogP contribution in [0.1, 0.15) is 30.7 Å². The van der Waals surface area contributed by atoms with Crippen molar-refractivity contribution in [2.45, 2.75) is 45.7 Å². The van der Waals surface area contributed by atoms with Crippen LogP contribution in [0.25, 0.3) is 0 Å². The molecule has 0 aliphatic heterocycles. The van der Waals surface area contributed by atoms with E-state index in [9.17, 15) is 14.7 Å². The van der Waals surface area contributed by atoms with Gasteiger partial charge in [-0.2, -0.15) is 5.10 Å². The van der Waals surface area contributed by atoms with Gasteiger partial charge < -0.3 is 10.4 Å². The van der Waals surface area contributed by atoms with Gasteiger partial charge in [0.2, 0.25) is 5.91 Å². The summed E-state index contributed by atoms with van der Waals surface area (Å²) in [5.41, 5.74) is 1.81. The smallest absolute Gasteiger partial charge is 0.308 e. The number of nitrogens with one attached hydrogen (secondary N) is 1. The summed E-state index contributed by atoms with van der Waals surface area (Å²) in [5.74, 6) is -0.802. The van der Waals surface area contributed by atoms with E-state index < -0.39 is 11.9 Å². The van der Waals surface area contributed by atoms with Crippen LogP contribution in [0.3, 0.4) is 0 Å². The molecule has 114 valence electrons. The minimum Gasteiger partial charge on any atom is -0.481 e. The third-order valence-electron chi connectivity index (χ3n) is 4.93. The van der Waals surface area contributed by atoms with Crippen LogP contribution in [-0.4, -0.2) is 32.8 Å². The van der Waals surface area contributed by atoms with Gasteiger partial charge >= 0.3 is 5.97 Å². The number of rotatable bonds is 4. The Bertz CT molecular complexity index is 581. The molecule has 4 unspecified atom stereocenters. The van der Waals surface area contributed by atoms with Crippen molar-refractivity contribution in [2.75, 3.05) is 0 Å². The molecule has 2 N–H and O–H groups in total. The molecule has 2 bridgehead atoms. The third-order valence-corrected chi connectivity index (χ3v) is 4.93. The van der Waals surface area contributed by atoms with Crippen molar-refractivity contribution in [3.8, 4) is 0 Å². The Morgan fingerprint density at radius 3 is 2.71 bits per heavy atom. The average molecular weight is 291 g/mol. The molecule has 21 heavy (non-hydrogen) atoms. The minimum absolute atomic E-state index is 0.148. The second kappa shape index (κ2) is 5.16. The van der Waals surface area contributed by atoms with Gasteiger partial charge in [0, 0.05) is 11.7 Å². The lowest BCUT2D eigenvalue weighted by Crippen LogP contribution is -2.47. The van der Waals surface area contributed by atoms with Crippen LogP contribution < -0.4 is 5.32 Å². The molecule has 0 radical (unpaired) electrons. The van der Waals surface area contributed by atoms with Gasteiger partial charge in [-0.15, -0.1) is 0 Å². The number of nitrogens with zero attached hydrogens (tertiary/aromatic N) is 2. The molecule has 2 saturated carbocycles. The number of carbonyl (C=O) groups excluding carboxylic acids is 1. The number of aryl methyl sites for hydroxylation is 2. The third kappa shape index (κ3) is 2.54. The van der Waals surface area contributed by atoms with Gasteiger partial charge in [-0.3, -0.25) is 14.3 Å². The lowest BCUT2D eigenvalue weighted by atomic mass is 9.84. The average Bonchev–Trinajstić information content (AvgIpc) is 3.04. The lowest BCUT2D eigenvalue weighted by molar-refractivity contribution is -0.144. The maximum atomic E-state index is 12.2. The molecular weight excluding hydrogens is 270 g/mol. The second-order valence-electron chi connectivity index (χ2n) is 6.38. The molecular formula is C15H21N3O3. The number of fused-ring (bicyclic) bond motifs is 2. The molecule has 0 spiro atoms. The largest absolute Gasteiger partial charge is 0.481 e. The summed E-state index contributed by atoms with van der Waals surface area (Å²) in [7, 11) is 0. The van der Waals surface area contributed by atoms with Crippen LogP contribution in [-0.2, 0) is 16.1 Å². The number of amides is 1. The quantitative estimate of drug-likeness (QED) is 0.870. The summed E-state index contributed by atoms with van der Waals surface area (Å²) >= 11 is 0. The van der Waals surface area contributed by atoms with Crippen molar-refractivity contribution in [1.82, 2.24) is 15.1 Å². The molecule has 2 aliphatic carbocycles. The second-order valence-corrected chi connectivity index (χ2v) is 6.38. The monoisotopic (exact) mass is 291 g/mol. The van der Waals surface area contributed by atoms with Crippen LogP contribution in [0.4, 0.5) is 0 Å². The molecule has 2 fully saturated rings. The van der Waals surface area contributed by atoms with Gasteiger partial charge in [-0.1, -0.05) is 0 Å². The van der Waals surface area contributed by atoms with Gasteiger partial charge in [-0.25, -0.2) is 0 Å². The molecule has 6 nitrogen and oxygen atoms in total. The Hall–Kier alpha value is -1.85. The van der Waals surface area contributed by atoms with E-state index in [1.165, 1.54) is 0 Å². The predicted molar refractivity (Wildman–Crippen MR) is 75.6 cm³/mol. The van der Waals surface area contributed by atoms with Gasteiger partial charge in [-0.05, 0) is 51.0 Å². The Kier molecular flexibility index (Phi) is 3.47. The number of aromatic nitrogens is 2. The molecule has 6 heteroatoms. The maximum absolute atomic E-state index is 12.2. The number of hydrogen-bond acceptors (Lipinski definition) is 3. The van der Waals surface area contributed by atoms with Crippen LogP contribution in [0.15, 0.2) is 6.07 Å². The highest BCUT2D eigenvalue weighted by atomic mass is 16.4. The zero-order valence-corrected chi connectivity index (χ0v) is 12.4. The zero-order valence-electron chi connectivity index (χ0n) is 12.4. The van der Waals surface area contributed by atoms with Crippen molar-refractivity contribution in [3.05, 3.63) is 17.5 Å². The minimum atomic E-state index is -0.779. The Morgan fingerprint density at radius 2 is 2.10 bits per heavy atom. The van der Waals surface area contributed by atoms with E-state index in [1.807, 2.05) is 19.9 Å². The Labute approximate surface area is 123 Å². The van der Waals surface area contributed by atoms with E-state index in [0.29, 0.717) is 5.92 Å². The highest BCUT2D eigenvalue weighted by Gasteiger charge is 2.51. The summed E-state index contributed by atoms with van der Waals surface area (Å²) in [6.07, 6.45) is 2.94. The predicted octanol–water partition coefficient (Wildman–Crippen LogP) is 1.12. The van der Waals surface area contributed by atoms with Gasteiger partial charge in [0.05, 0.1) is 11.6 Å². The number of carbonyl (C=O) groups is 2. The van der Waals surface area contributed by atoms with Crippen LogP contribution in [0.2, 0.25) is 0 Å². The van der Waals surface area contributed by atoms with Gasteiger partial charge in [0.25, 0.3) is 0 Å². The molecule has 0 aromatic carbocycles. The summed E-state index contributed by atoms with van der Waals surface area (Å²) in [4.78, 5) is 23.6. The molecule has 1 amide bonds. The molecule has 2 aliphatic rings. The number of carboxylic acid groups (broad SMARTS) is 1. The number of hydrogen-bond donors (Lipinski definition) is 2. The van der Waals surface area contributed by atoms with Crippen molar-refractivity contribution in [2.24, 2.45) is 17.8 Å². The summed E-state index contributed by atoms with van der Waals surface area (Å²) in [6, 6.07) is 1.70. The Balaban J connectivity index is 1.67. The molecule has 1 aromatic rings. The van der Waals surface area contributed by atoms with E-state index in [0.717, 1.165) is 30.7 Å². The SMILES string of the molecule is Cc1cc(C)n(CC(=O)NC2C3CCC(C3)C2C(=O)O)n1.